The molecule has 0 fully saturated rings. The number of carbonyl (C=O) groups excluding carboxylic acids is 1. The molecule has 0 aromatic rings. The van der Waals surface area contributed by atoms with Gasteiger partial charge < -0.3 is 9.47 Å². The second-order valence-electron chi connectivity index (χ2n) is 4.92. The van der Waals surface area contributed by atoms with Gasteiger partial charge in [0.05, 0.1) is 12.5 Å². The van der Waals surface area contributed by atoms with Gasteiger partial charge in [-0.15, -0.1) is 0 Å². The van der Waals surface area contributed by atoms with Crippen LogP contribution in [0.15, 0.2) is 12.2 Å². The molecule has 0 aromatic carbocycles. The summed E-state index contributed by atoms with van der Waals surface area (Å²) in [5.74, 6) is -0.0819. The molecule has 0 spiro atoms. The monoisotopic (exact) mass is 254 g/mol. The van der Waals surface area contributed by atoms with E-state index in [9.17, 15) is 4.79 Å². The number of unbranched alkanes of at least 4 members (excludes halogenated alkanes) is 3. The van der Waals surface area contributed by atoms with Crippen molar-refractivity contribution >= 4 is 5.97 Å². The van der Waals surface area contributed by atoms with Crippen LogP contribution in [0.1, 0.15) is 58.8 Å². The summed E-state index contributed by atoms with van der Waals surface area (Å²) >= 11 is 0. The Kier molecular flexibility index (Phi) is 7.74. The molecule has 0 bridgehead atoms. The Hall–Kier alpha value is -0.830. The minimum absolute atomic E-state index is 0.0288. The van der Waals surface area contributed by atoms with Crippen LogP contribution in [0.3, 0.4) is 0 Å². The lowest BCUT2D eigenvalue weighted by Crippen LogP contribution is -2.25. The van der Waals surface area contributed by atoms with Gasteiger partial charge in [-0.05, 0) is 32.6 Å². The normalized spacial score (nSPS) is 20.7. The van der Waals surface area contributed by atoms with Gasteiger partial charge in [-0.25, -0.2) is 0 Å². The van der Waals surface area contributed by atoms with Gasteiger partial charge in [-0.1, -0.05) is 38.3 Å². The first-order chi connectivity index (χ1) is 8.74. The molecule has 1 aliphatic carbocycles. The Balaban J connectivity index is 2.09. The fourth-order valence-corrected chi connectivity index (χ4v) is 2.08. The second kappa shape index (κ2) is 9.15. The van der Waals surface area contributed by atoms with Crippen molar-refractivity contribution < 1.29 is 14.3 Å². The Labute approximate surface area is 111 Å². The zero-order chi connectivity index (χ0) is 13.2. The topological polar surface area (TPSA) is 35.5 Å². The Morgan fingerprint density at radius 2 is 2.17 bits per heavy atom. The SMILES string of the molecule is CCCCCCOC(C)OC(=O)C1CC=CCC1. The fraction of sp³-hybridized carbons (Fsp3) is 0.800. The average molecular weight is 254 g/mol. The van der Waals surface area contributed by atoms with Crippen LogP contribution < -0.4 is 0 Å². The molecule has 0 saturated carbocycles. The third kappa shape index (κ3) is 6.20. The summed E-state index contributed by atoms with van der Waals surface area (Å²) in [6, 6.07) is 0. The molecule has 0 aliphatic heterocycles. The van der Waals surface area contributed by atoms with E-state index in [1.54, 1.807) is 6.92 Å². The predicted molar refractivity (Wildman–Crippen MR) is 72.1 cm³/mol. The maximum atomic E-state index is 11.8. The molecule has 0 saturated heterocycles. The average Bonchev–Trinajstić information content (AvgIpc) is 2.39. The minimum atomic E-state index is -0.412. The largest absolute Gasteiger partial charge is 0.436 e. The molecule has 0 aromatic heterocycles. The summed E-state index contributed by atoms with van der Waals surface area (Å²) in [5.41, 5.74) is 0. The van der Waals surface area contributed by atoms with Crippen LogP contribution in [0.5, 0.6) is 0 Å². The van der Waals surface area contributed by atoms with E-state index in [4.69, 9.17) is 9.47 Å². The molecule has 1 aliphatic rings. The lowest BCUT2D eigenvalue weighted by atomic mass is 9.95. The number of ether oxygens (including phenoxy) is 2. The number of rotatable bonds is 8. The second-order valence-corrected chi connectivity index (χ2v) is 4.92. The highest BCUT2D eigenvalue weighted by molar-refractivity contribution is 5.72. The standard InChI is InChI=1S/C15H26O3/c1-3-4-5-9-12-17-13(2)18-15(16)14-10-7-6-8-11-14/h6-7,13-14H,3-5,8-12H2,1-2H3. The molecule has 3 nitrogen and oxygen atoms in total. The number of esters is 1. The summed E-state index contributed by atoms with van der Waals surface area (Å²) in [6.07, 6.45) is 11.2. The van der Waals surface area contributed by atoms with Crippen LogP contribution >= 0.6 is 0 Å². The van der Waals surface area contributed by atoms with E-state index in [0.717, 1.165) is 25.7 Å². The first-order valence-electron chi connectivity index (χ1n) is 7.21. The smallest absolute Gasteiger partial charge is 0.311 e. The van der Waals surface area contributed by atoms with Gasteiger partial charge in [0.2, 0.25) is 0 Å². The van der Waals surface area contributed by atoms with Gasteiger partial charge in [-0.3, -0.25) is 4.79 Å². The number of allylic oxidation sites excluding steroid dienone is 2. The van der Waals surface area contributed by atoms with Gasteiger partial charge in [-0.2, -0.15) is 0 Å². The fourth-order valence-electron chi connectivity index (χ4n) is 2.08. The summed E-state index contributed by atoms with van der Waals surface area (Å²) < 4.78 is 10.8. The zero-order valence-electron chi connectivity index (χ0n) is 11.7. The molecule has 0 N–H and O–H groups in total. The molecule has 1 rings (SSSR count). The van der Waals surface area contributed by atoms with Crippen molar-refractivity contribution in [1.29, 1.82) is 0 Å². The van der Waals surface area contributed by atoms with E-state index < -0.39 is 6.29 Å². The highest BCUT2D eigenvalue weighted by Crippen LogP contribution is 2.20. The molecule has 0 amide bonds. The summed E-state index contributed by atoms with van der Waals surface area (Å²) in [5, 5.41) is 0. The van der Waals surface area contributed by atoms with Gasteiger partial charge in [0.15, 0.2) is 6.29 Å². The van der Waals surface area contributed by atoms with E-state index in [-0.39, 0.29) is 11.9 Å². The molecule has 3 heteroatoms. The third-order valence-electron chi connectivity index (χ3n) is 3.23. The Bertz CT molecular complexity index is 260. The molecule has 18 heavy (non-hydrogen) atoms. The van der Waals surface area contributed by atoms with Crippen LogP contribution in [-0.4, -0.2) is 18.9 Å². The highest BCUT2D eigenvalue weighted by Gasteiger charge is 2.22. The molecule has 104 valence electrons. The number of hydrogen-bond donors (Lipinski definition) is 0. The minimum Gasteiger partial charge on any atom is -0.436 e. The molecule has 2 atom stereocenters. The quantitative estimate of drug-likeness (QED) is 0.286. The van der Waals surface area contributed by atoms with E-state index in [1.165, 1.54) is 19.3 Å². The van der Waals surface area contributed by atoms with E-state index in [2.05, 4.69) is 19.1 Å². The number of carbonyl (C=O) groups is 1. The first kappa shape index (κ1) is 15.2. The van der Waals surface area contributed by atoms with Crippen molar-refractivity contribution in [1.82, 2.24) is 0 Å². The van der Waals surface area contributed by atoms with Crippen molar-refractivity contribution in [2.45, 2.75) is 65.1 Å². The third-order valence-corrected chi connectivity index (χ3v) is 3.23. The van der Waals surface area contributed by atoms with Crippen molar-refractivity contribution in [3.8, 4) is 0 Å². The van der Waals surface area contributed by atoms with Gasteiger partial charge in [0.1, 0.15) is 0 Å². The maximum absolute atomic E-state index is 11.8. The summed E-state index contributed by atoms with van der Waals surface area (Å²) in [7, 11) is 0. The molecular weight excluding hydrogens is 228 g/mol. The first-order valence-corrected chi connectivity index (χ1v) is 7.21. The van der Waals surface area contributed by atoms with Crippen LogP contribution in [0.2, 0.25) is 0 Å². The van der Waals surface area contributed by atoms with E-state index in [0.29, 0.717) is 6.61 Å². The molecule has 0 heterocycles. The van der Waals surface area contributed by atoms with Crippen molar-refractivity contribution in [2.24, 2.45) is 5.92 Å². The Morgan fingerprint density at radius 1 is 1.33 bits per heavy atom. The Morgan fingerprint density at radius 3 is 2.83 bits per heavy atom. The zero-order valence-corrected chi connectivity index (χ0v) is 11.7. The van der Waals surface area contributed by atoms with Crippen LogP contribution in [0.25, 0.3) is 0 Å². The van der Waals surface area contributed by atoms with Gasteiger partial charge >= 0.3 is 5.97 Å². The molecule has 0 radical (unpaired) electrons. The van der Waals surface area contributed by atoms with Gasteiger partial charge in [0, 0.05) is 0 Å². The van der Waals surface area contributed by atoms with Crippen LogP contribution in [0.4, 0.5) is 0 Å². The summed E-state index contributed by atoms with van der Waals surface area (Å²) in [4.78, 5) is 11.8. The van der Waals surface area contributed by atoms with Crippen molar-refractivity contribution in [2.75, 3.05) is 6.61 Å². The maximum Gasteiger partial charge on any atom is 0.311 e. The van der Waals surface area contributed by atoms with Gasteiger partial charge in [0.25, 0.3) is 0 Å². The lowest BCUT2D eigenvalue weighted by molar-refractivity contribution is -0.179. The van der Waals surface area contributed by atoms with E-state index in [1.807, 2.05) is 0 Å². The predicted octanol–water partition coefficient (Wildman–Crippen LogP) is 3.83. The van der Waals surface area contributed by atoms with Crippen LogP contribution in [-0.2, 0) is 14.3 Å². The summed E-state index contributed by atoms with van der Waals surface area (Å²) in [6.45, 7) is 4.67. The molecule has 2 unspecified atom stereocenters. The van der Waals surface area contributed by atoms with Crippen LogP contribution in [0, 0.1) is 5.92 Å². The number of hydrogen-bond acceptors (Lipinski definition) is 3. The van der Waals surface area contributed by atoms with Crippen molar-refractivity contribution in [3.05, 3.63) is 12.2 Å². The lowest BCUT2D eigenvalue weighted by Gasteiger charge is -2.20. The highest BCUT2D eigenvalue weighted by atomic mass is 16.7. The van der Waals surface area contributed by atoms with E-state index >= 15 is 0 Å². The molecular formula is C15H26O3. The van der Waals surface area contributed by atoms with Crippen molar-refractivity contribution in [3.63, 3.8) is 0 Å².